The van der Waals surface area contributed by atoms with Crippen LogP contribution < -0.4 is 10.1 Å². The third-order valence-electron chi connectivity index (χ3n) is 5.94. The zero-order valence-corrected chi connectivity index (χ0v) is 15.7. The van der Waals surface area contributed by atoms with Gasteiger partial charge in [-0.05, 0) is 38.3 Å². The number of hydrogen-bond donors (Lipinski definition) is 1. The first kappa shape index (κ1) is 17.3. The summed E-state index contributed by atoms with van der Waals surface area (Å²) in [6.45, 7) is 3.91. The van der Waals surface area contributed by atoms with Gasteiger partial charge in [-0.2, -0.15) is 0 Å². The van der Waals surface area contributed by atoms with E-state index in [1.54, 1.807) is 11.2 Å². The summed E-state index contributed by atoms with van der Waals surface area (Å²) in [4.78, 5) is 0. The van der Waals surface area contributed by atoms with E-state index < -0.39 is 10.0 Å². The van der Waals surface area contributed by atoms with Gasteiger partial charge in [-0.1, -0.05) is 18.2 Å². The van der Waals surface area contributed by atoms with Crippen molar-refractivity contribution >= 4 is 10.0 Å². The summed E-state index contributed by atoms with van der Waals surface area (Å²) in [5.41, 5.74) is 1.01. The SMILES string of the molecule is CCS(=O)(=O)N1CCC2(CC1)CC(NCC1CC1)c1ccccc1O2. The summed E-state index contributed by atoms with van der Waals surface area (Å²) in [6, 6.07) is 8.61. The molecule has 0 aromatic heterocycles. The standard InChI is InChI=1S/C19H28N2O3S/c1-2-25(22,23)21-11-9-19(10-12-21)13-17(20-14-15-7-8-15)16-5-3-4-6-18(16)24-19/h3-6,15,17,20H,2,7-14H2,1H3. The van der Waals surface area contributed by atoms with Crippen LogP contribution in [0.3, 0.4) is 0 Å². The van der Waals surface area contributed by atoms with Crippen molar-refractivity contribution in [3.8, 4) is 5.75 Å². The Hall–Kier alpha value is -1.11. The number of para-hydroxylation sites is 1. The van der Waals surface area contributed by atoms with E-state index in [1.165, 1.54) is 18.4 Å². The second-order valence-corrected chi connectivity index (χ2v) is 9.99. The molecular formula is C19H28N2O3S. The average molecular weight is 365 g/mol. The minimum absolute atomic E-state index is 0.176. The maximum atomic E-state index is 12.1. The van der Waals surface area contributed by atoms with Gasteiger partial charge >= 0.3 is 0 Å². The molecule has 138 valence electrons. The van der Waals surface area contributed by atoms with Crippen molar-refractivity contribution in [3.63, 3.8) is 0 Å². The van der Waals surface area contributed by atoms with Crippen LogP contribution in [0.4, 0.5) is 0 Å². The lowest BCUT2D eigenvalue weighted by Crippen LogP contribution is -2.53. The monoisotopic (exact) mass is 364 g/mol. The van der Waals surface area contributed by atoms with Crippen LogP contribution in [0.15, 0.2) is 24.3 Å². The highest BCUT2D eigenvalue weighted by Crippen LogP contribution is 2.44. The number of benzene rings is 1. The Balaban J connectivity index is 1.51. The summed E-state index contributed by atoms with van der Waals surface area (Å²) in [5, 5.41) is 3.75. The molecule has 3 aliphatic rings. The molecular weight excluding hydrogens is 336 g/mol. The van der Waals surface area contributed by atoms with Gasteiger partial charge in [0.15, 0.2) is 0 Å². The van der Waals surface area contributed by atoms with Gasteiger partial charge in [-0.3, -0.25) is 0 Å². The Morgan fingerprint density at radius 2 is 1.96 bits per heavy atom. The largest absolute Gasteiger partial charge is 0.487 e. The van der Waals surface area contributed by atoms with Crippen molar-refractivity contribution in [2.45, 2.75) is 50.7 Å². The van der Waals surface area contributed by atoms with Gasteiger partial charge in [0.2, 0.25) is 10.0 Å². The lowest BCUT2D eigenvalue weighted by Gasteiger charge is -2.46. The van der Waals surface area contributed by atoms with E-state index in [0.29, 0.717) is 19.1 Å². The third-order valence-corrected chi connectivity index (χ3v) is 7.82. The molecule has 1 saturated carbocycles. The average Bonchev–Trinajstić information content (AvgIpc) is 3.44. The maximum absolute atomic E-state index is 12.1. The van der Waals surface area contributed by atoms with E-state index in [1.807, 2.05) is 6.07 Å². The van der Waals surface area contributed by atoms with Crippen LogP contribution in [0.25, 0.3) is 0 Å². The van der Waals surface area contributed by atoms with Crippen LogP contribution in [0.1, 0.15) is 50.6 Å². The summed E-state index contributed by atoms with van der Waals surface area (Å²) < 4.78 is 32.4. The molecule has 1 aromatic carbocycles. The summed E-state index contributed by atoms with van der Waals surface area (Å²) >= 11 is 0. The van der Waals surface area contributed by atoms with Crippen LogP contribution in [0.2, 0.25) is 0 Å². The molecule has 1 aliphatic carbocycles. The summed E-state index contributed by atoms with van der Waals surface area (Å²) in [6.07, 6.45) is 5.14. The van der Waals surface area contributed by atoms with Crippen molar-refractivity contribution in [3.05, 3.63) is 29.8 Å². The molecule has 2 aliphatic heterocycles. The fourth-order valence-electron chi connectivity index (χ4n) is 4.09. The fraction of sp³-hybridized carbons (Fsp3) is 0.684. The number of nitrogens with one attached hydrogen (secondary N) is 1. The Labute approximate surface area is 150 Å². The molecule has 1 N–H and O–H groups in total. The van der Waals surface area contributed by atoms with Crippen molar-refractivity contribution in [1.82, 2.24) is 9.62 Å². The zero-order valence-electron chi connectivity index (χ0n) is 14.9. The van der Waals surface area contributed by atoms with Gasteiger partial charge in [0, 0.05) is 44.0 Å². The van der Waals surface area contributed by atoms with Gasteiger partial charge in [-0.25, -0.2) is 12.7 Å². The predicted molar refractivity (Wildman–Crippen MR) is 98.2 cm³/mol. The Bertz CT molecular complexity index is 722. The minimum atomic E-state index is -3.10. The van der Waals surface area contributed by atoms with Gasteiger partial charge in [0.05, 0.1) is 5.75 Å². The van der Waals surface area contributed by atoms with E-state index in [4.69, 9.17) is 4.74 Å². The number of piperidine rings is 1. The highest BCUT2D eigenvalue weighted by molar-refractivity contribution is 7.89. The number of sulfonamides is 1. The van der Waals surface area contributed by atoms with Crippen LogP contribution in [0, 0.1) is 5.92 Å². The van der Waals surface area contributed by atoms with Crippen LogP contribution in [0.5, 0.6) is 5.75 Å². The first-order chi connectivity index (χ1) is 12.0. The molecule has 1 unspecified atom stereocenters. The van der Waals surface area contributed by atoms with E-state index in [0.717, 1.165) is 37.5 Å². The molecule has 4 rings (SSSR count). The van der Waals surface area contributed by atoms with E-state index in [9.17, 15) is 8.42 Å². The van der Waals surface area contributed by atoms with Crippen molar-refractivity contribution in [2.75, 3.05) is 25.4 Å². The van der Waals surface area contributed by atoms with Crippen molar-refractivity contribution in [2.24, 2.45) is 5.92 Å². The molecule has 0 radical (unpaired) electrons. The molecule has 1 atom stereocenters. The van der Waals surface area contributed by atoms with E-state index in [-0.39, 0.29) is 11.4 Å². The fourth-order valence-corrected chi connectivity index (χ4v) is 5.20. The number of ether oxygens (including phenoxy) is 1. The Morgan fingerprint density at radius 1 is 1.24 bits per heavy atom. The van der Waals surface area contributed by atoms with Gasteiger partial charge < -0.3 is 10.1 Å². The van der Waals surface area contributed by atoms with Crippen LogP contribution >= 0.6 is 0 Å². The molecule has 0 amide bonds. The molecule has 1 spiro atoms. The lowest BCUT2D eigenvalue weighted by atomic mass is 9.81. The highest BCUT2D eigenvalue weighted by atomic mass is 32.2. The normalized spacial score (nSPS) is 26.2. The topological polar surface area (TPSA) is 58.6 Å². The number of fused-ring (bicyclic) bond motifs is 1. The summed E-state index contributed by atoms with van der Waals surface area (Å²) in [5.74, 6) is 1.98. The summed E-state index contributed by atoms with van der Waals surface area (Å²) in [7, 11) is -3.10. The third kappa shape index (κ3) is 3.57. The molecule has 1 aromatic rings. The second kappa shape index (κ2) is 6.56. The smallest absolute Gasteiger partial charge is 0.213 e. The van der Waals surface area contributed by atoms with Crippen molar-refractivity contribution in [1.29, 1.82) is 0 Å². The van der Waals surface area contributed by atoms with Crippen LogP contribution in [-0.4, -0.2) is 43.7 Å². The first-order valence-electron chi connectivity index (χ1n) is 9.50. The molecule has 0 bridgehead atoms. The lowest BCUT2D eigenvalue weighted by molar-refractivity contribution is -0.0107. The predicted octanol–water partition coefficient (Wildman–Crippen LogP) is 2.69. The zero-order chi connectivity index (χ0) is 17.5. The van der Waals surface area contributed by atoms with Crippen molar-refractivity contribution < 1.29 is 13.2 Å². The van der Waals surface area contributed by atoms with Gasteiger partial charge in [0.1, 0.15) is 11.4 Å². The molecule has 25 heavy (non-hydrogen) atoms. The second-order valence-electron chi connectivity index (χ2n) is 7.73. The van der Waals surface area contributed by atoms with Gasteiger partial charge in [0.25, 0.3) is 0 Å². The molecule has 2 heterocycles. The molecule has 5 nitrogen and oxygen atoms in total. The maximum Gasteiger partial charge on any atom is 0.213 e. The Kier molecular flexibility index (Phi) is 4.54. The van der Waals surface area contributed by atoms with Gasteiger partial charge in [-0.15, -0.1) is 0 Å². The molecule has 2 fully saturated rings. The molecule has 1 saturated heterocycles. The van der Waals surface area contributed by atoms with E-state index in [2.05, 4.69) is 23.5 Å². The first-order valence-corrected chi connectivity index (χ1v) is 11.1. The number of hydrogen-bond acceptors (Lipinski definition) is 4. The van der Waals surface area contributed by atoms with Crippen LogP contribution in [-0.2, 0) is 10.0 Å². The van der Waals surface area contributed by atoms with E-state index >= 15 is 0 Å². The highest BCUT2D eigenvalue weighted by Gasteiger charge is 2.44. The minimum Gasteiger partial charge on any atom is -0.487 e. The number of rotatable bonds is 5. The quantitative estimate of drug-likeness (QED) is 0.873. The Morgan fingerprint density at radius 3 is 2.64 bits per heavy atom. The molecule has 6 heteroatoms. The number of nitrogens with zero attached hydrogens (tertiary/aromatic N) is 1.